The minimum absolute atomic E-state index is 0.0962. The van der Waals surface area contributed by atoms with E-state index in [1.165, 1.54) is 12.1 Å². The number of aromatic nitrogens is 2. The van der Waals surface area contributed by atoms with Gasteiger partial charge in [-0.1, -0.05) is 0 Å². The normalized spacial score (nSPS) is 20.6. The molecule has 1 saturated heterocycles. The molecule has 1 aliphatic carbocycles. The molecule has 194 valence electrons. The van der Waals surface area contributed by atoms with E-state index in [1.807, 2.05) is 25.7 Å². The molecule has 4 rings (SSSR count). The Labute approximate surface area is 211 Å². The van der Waals surface area contributed by atoms with Gasteiger partial charge in [0.2, 0.25) is 11.9 Å². The fraction of sp³-hybridized carbons (Fsp3) is 0.556. The van der Waals surface area contributed by atoms with Gasteiger partial charge in [0.05, 0.1) is 17.6 Å². The minimum atomic E-state index is -0.674. The summed E-state index contributed by atoms with van der Waals surface area (Å²) >= 11 is 0. The van der Waals surface area contributed by atoms with Crippen molar-refractivity contribution in [3.8, 4) is 0 Å². The number of nitrogens with one attached hydrogen (secondary N) is 2. The fourth-order valence-corrected chi connectivity index (χ4v) is 5.00. The summed E-state index contributed by atoms with van der Waals surface area (Å²) in [4.78, 5) is 28.4. The van der Waals surface area contributed by atoms with Crippen molar-refractivity contribution in [3.05, 3.63) is 41.7 Å². The van der Waals surface area contributed by atoms with Gasteiger partial charge in [0.25, 0.3) is 0 Å². The van der Waals surface area contributed by atoms with Gasteiger partial charge in [-0.15, -0.1) is 0 Å². The first kappa shape index (κ1) is 26.0. The molecule has 1 aromatic heterocycles. The molecule has 9 heteroatoms. The molecule has 0 spiro atoms. The lowest BCUT2D eigenvalue weighted by molar-refractivity contribution is -0.135. The molecule has 36 heavy (non-hydrogen) atoms. The van der Waals surface area contributed by atoms with Gasteiger partial charge >= 0.3 is 0 Å². The van der Waals surface area contributed by atoms with Crippen LogP contribution in [0.2, 0.25) is 0 Å². The highest BCUT2D eigenvalue weighted by Gasteiger charge is 2.31. The monoisotopic (exact) mass is 498 g/mol. The van der Waals surface area contributed by atoms with Gasteiger partial charge in [0, 0.05) is 37.5 Å². The van der Waals surface area contributed by atoms with E-state index in [9.17, 15) is 13.6 Å². The number of rotatable bonds is 7. The van der Waals surface area contributed by atoms with Crippen LogP contribution in [0.15, 0.2) is 29.4 Å². The summed E-state index contributed by atoms with van der Waals surface area (Å²) in [6.45, 7) is 7.65. The van der Waals surface area contributed by atoms with Crippen LogP contribution in [-0.4, -0.2) is 45.7 Å². The van der Waals surface area contributed by atoms with E-state index in [2.05, 4.69) is 20.6 Å². The number of hydrogen-bond donors (Lipinski definition) is 2. The molecular formula is C27H36F2N6O. The van der Waals surface area contributed by atoms with Gasteiger partial charge in [-0.3, -0.25) is 4.79 Å². The van der Waals surface area contributed by atoms with Gasteiger partial charge in [-0.25, -0.2) is 23.7 Å². The molecule has 1 aromatic carbocycles. The number of likely N-dealkylation sites (tertiary alicyclic amines) is 1. The van der Waals surface area contributed by atoms with Gasteiger partial charge < -0.3 is 15.5 Å². The zero-order chi connectivity index (χ0) is 25.7. The summed E-state index contributed by atoms with van der Waals surface area (Å²) in [5, 5.41) is 6.26. The zero-order valence-corrected chi connectivity index (χ0v) is 21.4. The Bertz CT molecular complexity index is 1090. The molecule has 2 aliphatic rings. The summed E-state index contributed by atoms with van der Waals surface area (Å²) in [6, 6.07) is 3.66. The first-order chi connectivity index (χ1) is 17.3. The molecule has 0 radical (unpaired) electrons. The maximum atomic E-state index is 14.4. The van der Waals surface area contributed by atoms with Gasteiger partial charge in [0.15, 0.2) is 0 Å². The number of hydrogen-bond acceptors (Lipinski definition) is 5. The second-order valence-electron chi connectivity index (χ2n) is 10.2. The lowest BCUT2D eigenvalue weighted by Crippen LogP contribution is -2.36. The molecular weight excluding hydrogens is 462 g/mol. The molecule has 2 fully saturated rings. The number of carbonyl (C=O) groups excluding carboxylic acids is 1. The quantitative estimate of drug-likeness (QED) is 0.370. The lowest BCUT2D eigenvalue weighted by Gasteiger charge is -2.30. The van der Waals surface area contributed by atoms with Crippen molar-refractivity contribution >= 4 is 29.1 Å². The van der Waals surface area contributed by atoms with Crippen molar-refractivity contribution in [2.75, 3.05) is 23.7 Å². The molecule has 1 amide bonds. The van der Waals surface area contributed by atoms with E-state index in [4.69, 9.17) is 4.99 Å². The Morgan fingerprint density at radius 1 is 1.17 bits per heavy atom. The number of aryl methyl sites for hydroxylation is 1. The maximum absolute atomic E-state index is 14.4. The van der Waals surface area contributed by atoms with E-state index in [0.29, 0.717) is 41.4 Å². The summed E-state index contributed by atoms with van der Waals surface area (Å²) in [6.07, 6.45) is 7.97. The number of aliphatic imine (C=N–C) groups is 1. The highest BCUT2D eigenvalue weighted by Crippen LogP contribution is 2.33. The van der Waals surface area contributed by atoms with Crippen LogP contribution in [0.3, 0.4) is 0 Å². The summed E-state index contributed by atoms with van der Waals surface area (Å²) in [7, 11) is 0. The fourth-order valence-electron chi connectivity index (χ4n) is 5.00. The van der Waals surface area contributed by atoms with Crippen LogP contribution in [0.4, 0.5) is 26.1 Å². The lowest BCUT2D eigenvalue weighted by atomic mass is 9.79. The highest BCUT2D eigenvalue weighted by atomic mass is 19.1. The molecule has 1 aliphatic heterocycles. The molecule has 0 bridgehead atoms. The van der Waals surface area contributed by atoms with Crippen molar-refractivity contribution in [1.82, 2.24) is 14.9 Å². The Kier molecular flexibility index (Phi) is 8.48. The van der Waals surface area contributed by atoms with Gasteiger partial charge in [-0.2, -0.15) is 0 Å². The topological polar surface area (TPSA) is 82.5 Å². The Balaban J connectivity index is 1.49. The van der Waals surface area contributed by atoms with Crippen molar-refractivity contribution < 1.29 is 13.6 Å². The summed E-state index contributed by atoms with van der Waals surface area (Å²) in [5.74, 6) is 0.508. The third-order valence-electron chi connectivity index (χ3n) is 6.93. The predicted octanol–water partition coefficient (Wildman–Crippen LogP) is 5.84. The van der Waals surface area contributed by atoms with Crippen LogP contribution in [0, 0.1) is 30.4 Å². The van der Waals surface area contributed by atoms with E-state index < -0.39 is 11.6 Å². The highest BCUT2D eigenvalue weighted by molar-refractivity contribution is 5.97. The van der Waals surface area contributed by atoms with Crippen LogP contribution in [0.1, 0.15) is 64.5 Å². The number of anilines is 2. The molecule has 0 unspecified atom stereocenters. The van der Waals surface area contributed by atoms with Crippen molar-refractivity contribution in [1.29, 1.82) is 0 Å². The number of carbonyl (C=O) groups is 1. The average molecular weight is 499 g/mol. The number of amidine groups is 1. The number of benzene rings is 1. The molecule has 1 saturated carbocycles. The van der Waals surface area contributed by atoms with Crippen LogP contribution < -0.4 is 10.6 Å². The molecule has 2 aromatic rings. The van der Waals surface area contributed by atoms with Crippen molar-refractivity contribution in [2.45, 2.75) is 71.8 Å². The second-order valence-corrected chi connectivity index (χ2v) is 10.2. The summed E-state index contributed by atoms with van der Waals surface area (Å²) in [5.41, 5.74) is 1.46. The van der Waals surface area contributed by atoms with E-state index in [1.54, 1.807) is 6.20 Å². The Morgan fingerprint density at radius 3 is 2.53 bits per heavy atom. The predicted molar refractivity (Wildman–Crippen MR) is 138 cm³/mol. The van der Waals surface area contributed by atoms with Gasteiger partial charge in [-0.05, 0) is 77.3 Å². The first-order valence-electron chi connectivity index (χ1n) is 13.0. The van der Waals surface area contributed by atoms with Crippen molar-refractivity contribution in [3.63, 3.8) is 0 Å². The number of amides is 1. The smallest absolute Gasteiger partial charge is 0.225 e. The van der Waals surface area contributed by atoms with Crippen LogP contribution in [0.5, 0.6) is 0 Å². The molecule has 0 atom stereocenters. The number of nitrogens with zero attached hydrogens (tertiary/aromatic N) is 4. The molecule has 2 heterocycles. The Morgan fingerprint density at radius 2 is 1.89 bits per heavy atom. The minimum Gasteiger partial charge on any atom is -0.352 e. The second kappa shape index (κ2) is 11.8. The van der Waals surface area contributed by atoms with Gasteiger partial charge in [0.1, 0.15) is 23.2 Å². The van der Waals surface area contributed by atoms with E-state index >= 15 is 0 Å². The summed E-state index contributed by atoms with van der Waals surface area (Å²) < 4.78 is 27.9. The Hall–Kier alpha value is -3.10. The van der Waals surface area contributed by atoms with E-state index in [0.717, 1.165) is 57.7 Å². The van der Waals surface area contributed by atoms with Crippen LogP contribution in [-0.2, 0) is 4.79 Å². The molecule has 7 nitrogen and oxygen atoms in total. The first-order valence-corrected chi connectivity index (χ1v) is 13.0. The third kappa shape index (κ3) is 6.77. The third-order valence-corrected chi connectivity index (χ3v) is 6.93. The van der Waals surface area contributed by atoms with Crippen LogP contribution >= 0.6 is 0 Å². The average Bonchev–Trinajstić information content (AvgIpc) is 3.37. The maximum Gasteiger partial charge on any atom is 0.225 e. The van der Waals surface area contributed by atoms with Crippen molar-refractivity contribution in [2.24, 2.45) is 16.8 Å². The number of halogens is 2. The SMILES string of the molecule is Cc1nc(NC(C)C)ncc1/N=C(\C[C@H]1CC[C@@H](C(=O)N2CCCC2)CC1)Nc1ccc(F)cc1F. The van der Waals surface area contributed by atoms with Crippen LogP contribution in [0.25, 0.3) is 0 Å². The molecule has 2 N–H and O–H groups in total. The van der Waals surface area contributed by atoms with E-state index in [-0.39, 0.29) is 17.6 Å². The largest absolute Gasteiger partial charge is 0.352 e. The zero-order valence-electron chi connectivity index (χ0n) is 21.4. The standard InChI is InChI=1S/C27H36F2N6O/c1-17(2)31-27-30-16-24(18(3)32-27)34-25(33-23-11-10-21(28)15-22(23)29)14-19-6-8-20(9-7-19)26(36)35-12-4-5-13-35/h10-11,15-17,19-20H,4-9,12-14H2,1-3H3,(H,33,34)(H,30,31,32)/t19-,20+.